The third kappa shape index (κ3) is 2.68. The van der Waals surface area contributed by atoms with E-state index in [4.69, 9.17) is 11.5 Å². The van der Waals surface area contributed by atoms with Crippen molar-refractivity contribution in [3.63, 3.8) is 0 Å². The highest BCUT2D eigenvalue weighted by Gasteiger charge is 2.20. The summed E-state index contributed by atoms with van der Waals surface area (Å²) in [7, 11) is 0. The van der Waals surface area contributed by atoms with Crippen LogP contribution in [0.4, 0.5) is 11.5 Å². The van der Waals surface area contributed by atoms with Crippen LogP contribution >= 0.6 is 0 Å². The van der Waals surface area contributed by atoms with Crippen LogP contribution in [0.2, 0.25) is 0 Å². The van der Waals surface area contributed by atoms with Crippen LogP contribution in [0.3, 0.4) is 0 Å². The van der Waals surface area contributed by atoms with Gasteiger partial charge in [-0.3, -0.25) is 9.59 Å². The molecule has 0 radical (unpaired) electrons. The number of anilines is 2. The molecule has 0 saturated carbocycles. The number of rotatable bonds is 4. The summed E-state index contributed by atoms with van der Waals surface area (Å²) in [6, 6.07) is 1.60. The first-order valence-corrected chi connectivity index (χ1v) is 5.65. The Morgan fingerprint density at radius 2 is 2.39 bits per heavy atom. The van der Waals surface area contributed by atoms with Crippen molar-refractivity contribution >= 4 is 23.3 Å². The molecule has 96 valence electrons. The van der Waals surface area contributed by atoms with Crippen molar-refractivity contribution in [2.24, 2.45) is 5.73 Å². The number of primary amides is 1. The van der Waals surface area contributed by atoms with E-state index in [2.05, 4.69) is 15.6 Å². The van der Waals surface area contributed by atoms with Crippen LogP contribution < -0.4 is 22.1 Å². The SMILES string of the molecule is NC(=O)c1cc(NCC2CCC(=O)N2)ncc1N. The minimum Gasteiger partial charge on any atom is -0.397 e. The van der Waals surface area contributed by atoms with Gasteiger partial charge in [-0.1, -0.05) is 0 Å². The molecule has 2 amide bonds. The van der Waals surface area contributed by atoms with Gasteiger partial charge in [-0.15, -0.1) is 0 Å². The van der Waals surface area contributed by atoms with Crippen molar-refractivity contribution < 1.29 is 9.59 Å². The van der Waals surface area contributed by atoms with Gasteiger partial charge in [0.25, 0.3) is 5.91 Å². The smallest absolute Gasteiger partial charge is 0.250 e. The Morgan fingerprint density at radius 1 is 1.61 bits per heavy atom. The second kappa shape index (κ2) is 4.91. The van der Waals surface area contributed by atoms with E-state index in [1.165, 1.54) is 12.3 Å². The zero-order valence-corrected chi connectivity index (χ0v) is 9.77. The molecule has 2 rings (SSSR count). The Bertz CT molecular complexity index is 488. The molecule has 1 aromatic rings. The molecule has 0 bridgehead atoms. The fourth-order valence-electron chi connectivity index (χ4n) is 1.83. The van der Waals surface area contributed by atoms with Crippen LogP contribution in [0, 0.1) is 0 Å². The summed E-state index contributed by atoms with van der Waals surface area (Å²) in [5.41, 5.74) is 11.3. The molecule has 0 aromatic carbocycles. The van der Waals surface area contributed by atoms with Gasteiger partial charge in [0.2, 0.25) is 5.91 Å². The van der Waals surface area contributed by atoms with Gasteiger partial charge in [0, 0.05) is 19.0 Å². The molecule has 1 fully saturated rings. The number of pyridine rings is 1. The first kappa shape index (κ1) is 12.2. The van der Waals surface area contributed by atoms with Crippen molar-refractivity contribution in [1.29, 1.82) is 0 Å². The molecule has 7 nitrogen and oxygen atoms in total. The van der Waals surface area contributed by atoms with E-state index in [0.29, 0.717) is 18.8 Å². The predicted molar refractivity (Wildman–Crippen MR) is 66.8 cm³/mol. The standard InChI is InChI=1S/C11H15N5O2/c12-8-5-15-9(3-7(8)11(13)18)14-4-6-1-2-10(17)16-6/h3,5-6H,1-2,4,12H2,(H2,13,18)(H,14,15)(H,16,17). The second-order valence-electron chi connectivity index (χ2n) is 4.21. The molecule has 1 atom stereocenters. The van der Waals surface area contributed by atoms with E-state index in [9.17, 15) is 9.59 Å². The lowest BCUT2D eigenvalue weighted by Crippen LogP contribution is -2.32. The van der Waals surface area contributed by atoms with E-state index in [1.54, 1.807) is 0 Å². The zero-order chi connectivity index (χ0) is 13.1. The predicted octanol–water partition coefficient (Wildman–Crippen LogP) is -0.547. The summed E-state index contributed by atoms with van der Waals surface area (Å²) in [6.45, 7) is 0.556. The van der Waals surface area contributed by atoms with Crippen LogP contribution in [0.1, 0.15) is 23.2 Å². The number of nitrogen functional groups attached to an aromatic ring is 1. The molecule has 6 N–H and O–H groups in total. The fraction of sp³-hybridized carbons (Fsp3) is 0.364. The average molecular weight is 249 g/mol. The Hall–Kier alpha value is -2.31. The first-order chi connectivity index (χ1) is 8.56. The van der Waals surface area contributed by atoms with Crippen LogP contribution in [-0.2, 0) is 4.79 Å². The fourth-order valence-corrected chi connectivity index (χ4v) is 1.83. The summed E-state index contributed by atoms with van der Waals surface area (Å²) >= 11 is 0. The molecule has 2 heterocycles. The first-order valence-electron chi connectivity index (χ1n) is 5.65. The number of nitrogens with zero attached hydrogens (tertiary/aromatic N) is 1. The lowest BCUT2D eigenvalue weighted by molar-refractivity contribution is -0.119. The van der Waals surface area contributed by atoms with Crippen LogP contribution in [-0.4, -0.2) is 29.4 Å². The monoisotopic (exact) mass is 249 g/mol. The lowest BCUT2D eigenvalue weighted by atomic mass is 10.2. The van der Waals surface area contributed by atoms with Crippen molar-refractivity contribution in [2.75, 3.05) is 17.6 Å². The number of carbonyl (C=O) groups is 2. The molecular weight excluding hydrogens is 234 g/mol. The summed E-state index contributed by atoms with van der Waals surface area (Å²) in [6.07, 6.45) is 2.73. The van der Waals surface area contributed by atoms with Gasteiger partial charge in [0.15, 0.2) is 0 Å². The molecular formula is C11H15N5O2. The molecule has 1 unspecified atom stereocenters. The summed E-state index contributed by atoms with van der Waals surface area (Å²) in [5.74, 6) is -0.0174. The molecule has 1 saturated heterocycles. The third-order valence-electron chi connectivity index (χ3n) is 2.81. The van der Waals surface area contributed by atoms with E-state index in [-0.39, 0.29) is 23.2 Å². The number of aromatic nitrogens is 1. The molecule has 0 aliphatic carbocycles. The highest BCUT2D eigenvalue weighted by Crippen LogP contribution is 2.15. The van der Waals surface area contributed by atoms with Gasteiger partial charge in [-0.25, -0.2) is 4.98 Å². The maximum Gasteiger partial charge on any atom is 0.250 e. The largest absolute Gasteiger partial charge is 0.397 e. The van der Waals surface area contributed by atoms with Gasteiger partial charge < -0.3 is 22.1 Å². The number of hydrogen-bond acceptors (Lipinski definition) is 5. The van der Waals surface area contributed by atoms with E-state index >= 15 is 0 Å². The normalized spacial score (nSPS) is 18.4. The molecule has 1 aliphatic rings. The minimum absolute atomic E-state index is 0.0601. The number of carbonyl (C=O) groups excluding carboxylic acids is 2. The zero-order valence-electron chi connectivity index (χ0n) is 9.77. The van der Waals surface area contributed by atoms with E-state index in [1.807, 2.05) is 0 Å². The highest BCUT2D eigenvalue weighted by atomic mass is 16.2. The Morgan fingerprint density at radius 3 is 3.00 bits per heavy atom. The van der Waals surface area contributed by atoms with Crippen molar-refractivity contribution in [2.45, 2.75) is 18.9 Å². The van der Waals surface area contributed by atoms with E-state index in [0.717, 1.165) is 6.42 Å². The summed E-state index contributed by atoms with van der Waals surface area (Å²) in [5, 5.41) is 5.87. The van der Waals surface area contributed by atoms with Gasteiger partial charge in [0.05, 0.1) is 17.4 Å². The van der Waals surface area contributed by atoms with Crippen LogP contribution in [0.25, 0.3) is 0 Å². The lowest BCUT2D eigenvalue weighted by Gasteiger charge is -2.12. The number of nitrogens with one attached hydrogen (secondary N) is 2. The Labute approximate surface area is 104 Å². The number of amides is 2. The van der Waals surface area contributed by atoms with E-state index < -0.39 is 5.91 Å². The summed E-state index contributed by atoms with van der Waals surface area (Å²) in [4.78, 5) is 26.2. The molecule has 1 aromatic heterocycles. The molecule has 18 heavy (non-hydrogen) atoms. The molecule has 1 aliphatic heterocycles. The second-order valence-corrected chi connectivity index (χ2v) is 4.21. The van der Waals surface area contributed by atoms with Crippen molar-refractivity contribution in [1.82, 2.24) is 10.3 Å². The van der Waals surface area contributed by atoms with Crippen LogP contribution in [0.15, 0.2) is 12.3 Å². The van der Waals surface area contributed by atoms with Crippen molar-refractivity contribution in [3.05, 3.63) is 17.8 Å². The topological polar surface area (TPSA) is 123 Å². The van der Waals surface area contributed by atoms with Gasteiger partial charge in [0.1, 0.15) is 5.82 Å². The molecule has 7 heteroatoms. The van der Waals surface area contributed by atoms with Gasteiger partial charge >= 0.3 is 0 Å². The molecule has 0 spiro atoms. The summed E-state index contributed by atoms with van der Waals surface area (Å²) < 4.78 is 0. The van der Waals surface area contributed by atoms with Gasteiger partial charge in [-0.2, -0.15) is 0 Å². The number of nitrogens with two attached hydrogens (primary N) is 2. The average Bonchev–Trinajstić information content (AvgIpc) is 2.74. The number of hydrogen-bond donors (Lipinski definition) is 4. The Kier molecular flexibility index (Phi) is 3.31. The van der Waals surface area contributed by atoms with Crippen molar-refractivity contribution in [3.8, 4) is 0 Å². The van der Waals surface area contributed by atoms with Crippen LogP contribution in [0.5, 0.6) is 0 Å². The maximum atomic E-state index is 11.1. The quantitative estimate of drug-likeness (QED) is 0.570. The van der Waals surface area contributed by atoms with Gasteiger partial charge in [-0.05, 0) is 12.5 Å². The maximum absolute atomic E-state index is 11.1. The minimum atomic E-state index is -0.591. The third-order valence-corrected chi connectivity index (χ3v) is 2.81. The highest BCUT2D eigenvalue weighted by molar-refractivity contribution is 5.98. The Balaban J connectivity index is 1.99.